The quantitative estimate of drug-likeness (QED) is 0.661. The number of aryl methyl sites for hydroxylation is 2. The molecular formula is C27H28N2O6. The predicted octanol–water partition coefficient (Wildman–Crippen LogP) is 3.41. The number of hydrogen-bond acceptors (Lipinski definition) is 6. The number of Topliss-reactive ketones (excluding diaryl/α,β-unsaturated/α-hetero) is 1. The number of ether oxygens (including phenoxy) is 3. The lowest BCUT2D eigenvalue weighted by atomic mass is 9.81. The number of ketones is 1. The number of benzene rings is 2. The lowest BCUT2D eigenvalue weighted by molar-refractivity contribution is -0.139. The minimum absolute atomic E-state index is 0.00884. The molecule has 4 aliphatic heterocycles. The van der Waals surface area contributed by atoms with Crippen LogP contribution in [0.25, 0.3) is 0 Å². The van der Waals surface area contributed by atoms with Crippen LogP contribution in [0.2, 0.25) is 0 Å². The number of piperidine rings is 1. The highest BCUT2D eigenvalue weighted by Gasteiger charge is 2.45. The molecule has 2 aromatic rings. The first kappa shape index (κ1) is 21.9. The topological polar surface area (TPSA) is 85.4 Å². The van der Waals surface area contributed by atoms with Gasteiger partial charge in [0.05, 0.1) is 17.9 Å². The molecule has 182 valence electrons. The number of nitrogens with zero attached hydrogens (tertiary/aromatic N) is 2. The van der Waals surface area contributed by atoms with Gasteiger partial charge in [0.15, 0.2) is 17.3 Å². The van der Waals surface area contributed by atoms with Gasteiger partial charge in [-0.2, -0.15) is 0 Å². The van der Waals surface area contributed by atoms with Gasteiger partial charge in [0.2, 0.25) is 18.6 Å². The van der Waals surface area contributed by atoms with E-state index in [4.69, 9.17) is 14.2 Å². The Morgan fingerprint density at radius 2 is 1.71 bits per heavy atom. The van der Waals surface area contributed by atoms with Crippen molar-refractivity contribution < 1.29 is 28.6 Å². The van der Waals surface area contributed by atoms with Crippen molar-refractivity contribution in [2.45, 2.75) is 45.1 Å². The van der Waals surface area contributed by atoms with Crippen LogP contribution in [0, 0.1) is 19.8 Å². The lowest BCUT2D eigenvalue weighted by Crippen LogP contribution is -2.53. The zero-order valence-corrected chi connectivity index (χ0v) is 20.0. The van der Waals surface area contributed by atoms with Gasteiger partial charge in [0, 0.05) is 50.7 Å². The van der Waals surface area contributed by atoms with Crippen LogP contribution < -0.4 is 19.1 Å². The van der Waals surface area contributed by atoms with Crippen molar-refractivity contribution in [2.75, 3.05) is 31.3 Å². The van der Waals surface area contributed by atoms with Gasteiger partial charge in [-0.3, -0.25) is 14.4 Å². The molecule has 4 heterocycles. The Labute approximate surface area is 203 Å². The molecule has 0 bridgehead atoms. The summed E-state index contributed by atoms with van der Waals surface area (Å²) in [5, 5.41) is 0. The normalized spacial score (nSPS) is 22.4. The lowest BCUT2D eigenvalue weighted by Gasteiger charge is -2.44. The third kappa shape index (κ3) is 3.72. The van der Waals surface area contributed by atoms with Gasteiger partial charge >= 0.3 is 0 Å². The Morgan fingerprint density at radius 1 is 0.971 bits per heavy atom. The van der Waals surface area contributed by atoms with Crippen molar-refractivity contribution in [2.24, 2.45) is 5.92 Å². The van der Waals surface area contributed by atoms with E-state index in [1.807, 2.05) is 36.9 Å². The fraction of sp³-hybridized carbons (Fsp3) is 0.444. The molecule has 2 amide bonds. The van der Waals surface area contributed by atoms with Crippen LogP contribution in [0.15, 0.2) is 30.3 Å². The number of fused-ring (bicyclic) bond motifs is 2. The van der Waals surface area contributed by atoms with E-state index < -0.39 is 5.60 Å². The van der Waals surface area contributed by atoms with Crippen LogP contribution in [-0.2, 0) is 9.59 Å². The largest absolute Gasteiger partial charge is 0.486 e. The SMILES string of the molecule is Cc1cc2c(cc1C)C(=O)CC1(CCN(C(=O)C3CC(=O)N(c4ccc5c(c4)OCO5)C3)CC1)O2. The first-order valence-electron chi connectivity index (χ1n) is 12.1. The van der Waals surface area contributed by atoms with Gasteiger partial charge in [0.25, 0.3) is 0 Å². The zero-order chi connectivity index (χ0) is 24.3. The summed E-state index contributed by atoms with van der Waals surface area (Å²) >= 11 is 0. The van der Waals surface area contributed by atoms with E-state index in [9.17, 15) is 14.4 Å². The average Bonchev–Trinajstić information content (AvgIpc) is 3.46. The Bertz CT molecular complexity index is 1250. The van der Waals surface area contributed by atoms with Crippen molar-refractivity contribution in [3.8, 4) is 17.2 Å². The molecular weight excluding hydrogens is 448 g/mol. The molecule has 2 saturated heterocycles. The molecule has 8 heteroatoms. The molecule has 1 unspecified atom stereocenters. The minimum atomic E-state index is -0.563. The number of carbonyl (C=O) groups excluding carboxylic acids is 3. The molecule has 0 N–H and O–H groups in total. The van der Waals surface area contributed by atoms with Crippen molar-refractivity contribution >= 4 is 23.3 Å². The van der Waals surface area contributed by atoms with E-state index in [2.05, 4.69) is 0 Å². The number of hydrogen-bond donors (Lipinski definition) is 0. The summed E-state index contributed by atoms with van der Waals surface area (Å²) in [7, 11) is 0. The molecule has 8 nitrogen and oxygen atoms in total. The molecule has 0 aromatic heterocycles. The molecule has 2 aromatic carbocycles. The molecule has 1 atom stereocenters. The van der Waals surface area contributed by atoms with Crippen molar-refractivity contribution in [3.63, 3.8) is 0 Å². The van der Waals surface area contributed by atoms with Gasteiger partial charge in [-0.15, -0.1) is 0 Å². The van der Waals surface area contributed by atoms with Crippen LogP contribution in [0.5, 0.6) is 17.2 Å². The maximum Gasteiger partial charge on any atom is 0.231 e. The summed E-state index contributed by atoms with van der Waals surface area (Å²) in [5.41, 5.74) is 2.99. The fourth-order valence-corrected chi connectivity index (χ4v) is 5.60. The van der Waals surface area contributed by atoms with Gasteiger partial charge in [0.1, 0.15) is 11.4 Å². The second-order valence-corrected chi connectivity index (χ2v) is 10.1. The monoisotopic (exact) mass is 476 g/mol. The van der Waals surface area contributed by atoms with E-state index in [1.54, 1.807) is 17.0 Å². The third-order valence-corrected chi connectivity index (χ3v) is 7.83. The maximum absolute atomic E-state index is 13.3. The van der Waals surface area contributed by atoms with Crippen molar-refractivity contribution in [1.82, 2.24) is 4.90 Å². The van der Waals surface area contributed by atoms with Crippen LogP contribution in [-0.4, -0.2) is 54.5 Å². The second-order valence-electron chi connectivity index (χ2n) is 10.1. The zero-order valence-electron chi connectivity index (χ0n) is 20.0. The first-order valence-corrected chi connectivity index (χ1v) is 12.1. The molecule has 6 rings (SSSR count). The molecule has 0 saturated carbocycles. The summed E-state index contributed by atoms with van der Waals surface area (Å²) in [6.45, 7) is 5.56. The van der Waals surface area contributed by atoms with Crippen molar-refractivity contribution in [3.05, 3.63) is 47.0 Å². The van der Waals surface area contributed by atoms with Gasteiger partial charge in [-0.05, 0) is 49.2 Å². The highest BCUT2D eigenvalue weighted by Crippen LogP contribution is 2.41. The van der Waals surface area contributed by atoms with Crippen LogP contribution >= 0.6 is 0 Å². The average molecular weight is 477 g/mol. The Balaban J connectivity index is 1.12. The number of anilines is 1. The van der Waals surface area contributed by atoms with E-state index in [1.165, 1.54) is 0 Å². The van der Waals surface area contributed by atoms with Crippen LogP contribution in [0.4, 0.5) is 5.69 Å². The maximum atomic E-state index is 13.3. The third-order valence-electron chi connectivity index (χ3n) is 7.83. The first-order chi connectivity index (χ1) is 16.8. The molecule has 0 radical (unpaired) electrons. The smallest absolute Gasteiger partial charge is 0.231 e. The van der Waals surface area contributed by atoms with Gasteiger partial charge in [-0.25, -0.2) is 0 Å². The number of carbonyl (C=O) groups is 3. The fourth-order valence-electron chi connectivity index (χ4n) is 5.60. The Morgan fingerprint density at radius 3 is 2.51 bits per heavy atom. The van der Waals surface area contributed by atoms with E-state index in [-0.39, 0.29) is 36.7 Å². The van der Waals surface area contributed by atoms with E-state index in [0.29, 0.717) is 67.4 Å². The molecule has 35 heavy (non-hydrogen) atoms. The van der Waals surface area contributed by atoms with E-state index in [0.717, 1.165) is 11.1 Å². The highest BCUT2D eigenvalue weighted by molar-refractivity contribution is 6.01. The summed E-state index contributed by atoms with van der Waals surface area (Å²) in [5.74, 6) is 1.57. The molecule has 2 fully saturated rings. The van der Waals surface area contributed by atoms with Gasteiger partial charge < -0.3 is 24.0 Å². The molecule has 0 aliphatic carbocycles. The highest BCUT2D eigenvalue weighted by atomic mass is 16.7. The summed E-state index contributed by atoms with van der Waals surface area (Å²) in [4.78, 5) is 42.5. The Kier molecular flexibility index (Phi) is 5.02. The number of likely N-dealkylation sites (tertiary alicyclic amines) is 1. The summed E-state index contributed by atoms with van der Waals surface area (Å²) in [6.07, 6.45) is 1.73. The molecule has 4 aliphatic rings. The summed E-state index contributed by atoms with van der Waals surface area (Å²) in [6, 6.07) is 9.27. The predicted molar refractivity (Wildman–Crippen MR) is 127 cm³/mol. The van der Waals surface area contributed by atoms with Gasteiger partial charge in [-0.1, -0.05) is 0 Å². The number of amides is 2. The van der Waals surface area contributed by atoms with Crippen molar-refractivity contribution in [1.29, 1.82) is 0 Å². The number of rotatable bonds is 2. The summed E-state index contributed by atoms with van der Waals surface area (Å²) < 4.78 is 17.2. The van der Waals surface area contributed by atoms with Crippen LogP contribution in [0.3, 0.4) is 0 Å². The standard InChI is InChI=1S/C27H28N2O6/c1-16-9-20-21(30)13-27(35-23(20)10-17(16)2)5-7-28(8-6-27)26(32)18-11-25(31)29(14-18)19-3-4-22-24(12-19)34-15-33-22/h3-4,9-10,12,18H,5-8,11,13-15H2,1-2H3. The van der Waals surface area contributed by atoms with Crippen LogP contribution in [0.1, 0.15) is 47.2 Å². The molecule has 1 spiro atoms. The minimum Gasteiger partial charge on any atom is -0.486 e. The Hall–Kier alpha value is -3.55. The van der Waals surface area contributed by atoms with E-state index >= 15 is 0 Å². The second kappa shape index (κ2) is 8.00.